The van der Waals surface area contributed by atoms with Gasteiger partial charge in [-0.1, -0.05) is 139 Å². The fourth-order valence-corrected chi connectivity index (χ4v) is 9.67. The lowest BCUT2D eigenvalue weighted by Gasteiger charge is -2.45. The number of furan rings is 1. The van der Waals surface area contributed by atoms with Crippen LogP contribution in [0.4, 0.5) is 51.2 Å². The van der Waals surface area contributed by atoms with E-state index < -0.39 is 0 Å². The molecule has 0 spiro atoms. The van der Waals surface area contributed by atoms with Crippen LogP contribution < -0.4 is 31.1 Å². The molecule has 0 saturated heterocycles. The predicted molar refractivity (Wildman–Crippen MR) is 260 cm³/mol. The number of nitrogens with zero attached hydrogens (tertiary/aromatic N) is 3. The van der Waals surface area contributed by atoms with Crippen molar-refractivity contribution in [1.29, 1.82) is 0 Å². The maximum absolute atomic E-state index is 5.87. The molecule has 4 nitrogen and oxygen atoms in total. The molecule has 0 amide bonds. The van der Waals surface area contributed by atoms with E-state index in [0.29, 0.717) is 0 Å². The third-order valence-corrected chi connectivity index (χ3v) is 12.8. The van der Waals surface area contributed by atoms with Crippen molar-refractivity contribution >= 4 is 95.8 Å². The first-order valence-corrected chi connectivity index (χ1v) is 21.4. The fraction of sp³-hybridized carbons (Fsp3) is 0.143. The second kappa shape index (κ2) is 13.8. The van der Waals surface area contributed by atoms with Crippen molar-refractivity contribution in [3.63, 3.8) is 0 Å². The van der Waals surface area contributed by atoms with Crippen LogP contribution in [-0.2, 0) is 10.8 Å². The lowest BCUT2D eigenvalue weighted by atomic mass is 9.33. The Balaban J connectivity index is 1.22. The van der Waals surface area contributed by atoms with Crippen molar-refractivity contribution in [2.45, 2.75) is 52.4 Å². The molecule has 11 rings (SSSR count). The van der Waals surface area contributed by atoms with Gasteiger partial charge in [0, 0.05) is 61.7 Å². The van der Waals surface area contributed by atoms with E-state index in [0.717, 1.165) is 39.2 Å². The summed E-state index contributed by atoms with van der Waals surface area (Å²) in [5, 5.41) is 4.62. The maximum atomic E-state index is 5.87. The predicted octanol–water partition coefficient (Wildman–Crippen LogP) is 13.7. The molecule has 296 valence electrons. The molecule has 0 fully saturated rings. The van der Waals surface area contributed by atoms with Crippen LogP contribution in [0.25, 0.3) is 21.5 Å². The number of hydrogen-bond acceptors (Lipinski definition) is 4. The molecular weight excluding hydrogens is 741 g/mol. The molecule has 2 aliphatic rings. The maximum Gasteiger partial charge on any atom is 0.252 e. The molecule has 2 aliphatic heterocycles. The monoisotopic (exact) mass is 789 g/mol. The summed E-state index contributed by atoms with van der Waals surface area (Å²) in [6.07, 6.45) is 3.76. The number of para-hydroxylation sites is 2. The van der Waals surface area contributed by atoms with Crippen LogP contribution in [0.15, 0.2) is 187 Å². The average molecular weight is 790 g/mol. The van der Waals surface area contributed by atoms with Crippen molar-refractivity contribution in [3.05, 3.63) is 194 Å². The molecule has 0 N–H and O–H groups in total. The summed E-state index contributed by atoms with van der Waals surface area (Å²) in [6.45, 7) is 13.8. The van der Waals surface area contributed by atoms with Crippen molar-refractivity contribution < 1.29 is 4.42 Å². The Labute approximate surface area is 359 Å². The van der Waals surface area contributed by atoms with Gasteiger partial charge in [-0.05, 0) is 117 Å². The quantitative estimate of drug-likeness (QED) is 0.162. The van der Waals surface area contributed by atoms with Gasteiger partial charge in [-0.25, -0.2) is 0 Å². The van der Waals surface area contributed by atoms with Crippen molar-refractivity contribution in [2.75, 3.05) is 14.7 Å². The van der Waals surface area contributed by atoms with E-state index in [1.807, 2.05) is 12.5 Å². The van der Waals surface area contributed by atoms with Crippen molar-refractivity contribution in [2.24, 2.45) is 0 Å². The second-order valence-corrected chi connectivity index (χ2v) is 18.7. The van der Waals surface area contributed by atoms with Crippen LogP contribution >= 0.6 is 0 Å². The Morgan fingerprint density at radius 2 is 1.00 bits per heavy atom. The minimum Gasteiger partial charge on any atom is -0.471 e. The summed E-state index contributed by atoms with van der Waals surface area (Å²) in [4.78, 5) is 7.46. The van der Waals surface area contributed by atoms with Gasteiger partial charge in [0.25, 0.3) is 6.71 Å². The molecule has 0 radical (unpaired) electrons. The number of rotatable bonds is 5. The highest BCUT2D eigenvalue weighted by molar-refractivity contribution is 7.00. The van der Waals surface area contributed by atoms with Crippen LogP contribution in [0.5, 0.6) is 0 Å². The molecule has 5 heteroatoms. The zero-order valence-corrected chi connectivity index (χ0v) is 35.6. The zero-order valence-electron chi connectivity index (χ0n) is 35.6. The second-order valence-electron chi connectivity index (χ2n) is 18.7. The summed E-state index contributed by atoms with van der Waals surface area (Å²) < 4.78 is 5.87. The highest BCUT2D eigenvalue weighted by Crippen LogP contribution is 2.48. The average Bonchev–Trinajstić information content (AvgIpc) is 3.73. The molecule has 0 bridgehead atoms. The van der Waals surface area contributed by atoms with Gasteiger partial charge in [0.15, 0.2) is 0 Å². The van der Waals surface area contributed by atoms with Crippen LogP contribution in [0.3, 0.4) is 0 Å². The molecule has 3 heterocycles. The molecule has 8 aromatic carbocycles. The van der Waals surface area contributed by atoms with Crippen LogP contribution in [0.2, 0.25) is 0 Å². The van der Waals surface area contributed by atoms with Crippen LogP contribution in [0.1, 0.15) is 52.7 Å². The molecule has 0 aliphatic carbocycles. The lowest BCUT2D eigenvalue weighted by Crippen LogP contribution is -2.61. The lowest BCUT2D eigenvalue weighted by molar-refractivity contribution is 0.572. The highest BCUT2D eigenvalue weighted by Gasteiger charge is 2.44. The van der Waals surface area contributed by atoms with E-state index in [2.05, 4.69) is 226 Å². The topological polar surface area (TPSA) is 22.9 Å². The van der Waals surface area contributed by atoms with Gasteiger partial charge >= 0.3 is 0 Å². The third-order valence-electron chi connectivity index (χ3n) is 12.8. The summed E-state index contributed by atoms with van der Waals surface area (Å²) in [7, 11) is 0. The minimum atomic E-state index is -0.118. The molecule has 0 atom stereocenters. The van der Waals surface area contributed by atoms with Gasteiger partial charge in [0.1, 0.15) is 0 Å². The van der Waals surface area contributed by atoms with Crippen molar-refractivity contribution in [1.82, 2.24) is 0 Å². The molecule has 9 aromatic rings. The van der Waals surface area contributed by atoms with Crippen LogP contribution in [0, 0.1) is 0 Å². The number of anilines is 9. The Morgan fingerprint density at radius 3 is 1.64 bits per heavy atom. The van der Waals surface area contributed by atoms with Crippen LogP contribution in [-0.4, -0.2) is 6.71 Å². The first-order valence-electron chi connectivity index (χ1n) is 21.4. The Kier molecular flexibility index (Phi) is 8.38. The van der Waals surface area contributed by atoms with Gasteiger partial charge in [-0.3, -0.25) is 0 Å². The fourth-order valence-electron chi connectivity index (χ4n) is 9.67. The third kappa shape index (κ3) is 6.05. The SMILES string of the molecule is CC(C)(C)c1ccc(N(c2ccc3c(c2)N(c2ccccc2)c2cc(C(C)(C)C)cc4c2B3c2cc3cocc3cc2N4c2ccccc2)c2cccc3ccccc23)cc1. The van der Waals surface area contributed by atoms with E-state index in [1.54, 1.807) is 0 Å². The first-order chi connectivity index (χ1) is 29.5. The Morgan fingerprint density at radius 1 is 0.443 bits per heavy atom. The molecule has 61 heavy (non-hydrogen) atoms. The van der Waals surface area contributed by atoms with E-state index >= 15 is 0 Å². The van der Waals surface area contributed by atoms with Gasteiger partial charge in [0.2, 0.25) is 0 Å². The summed E-state index contributed by atoms with van der Waals surface area (Å²) in [5.41, 5.74) is 16.7. The standard InChI is InChI=1S/C56H48BN3O/c1-55(2,3)40-24-26-44(27-25-40)58(49-23-15-17-37-16-13-14-22-46(37)49)45-28-29-47-51(34-45)60(43-20-11-8-12-21-43)53-33-41(56(4,5)6)32-52-54(53)57(47)48-30-38-35-61-36-39(38)31-50(48)59(52)42-18-9-7-10-19-42/h7-36H,1-6H3. The highest BCUT2D eigenvalue weighted by atomic mass is 16.3. The Bertz CT molecular complexity index is 3120. The molecular formula is C56H48BN3O. The van der Waals surface area contributed by atoms with Gasteiger partial charge < -0.3 is 19.1 Å². The van der Waals surface area contributed by atoms with E-state index in [4.69, 9.17) is 4.42 Å². The largest absolute Gasteiger partial charge is 0.471 e. The Hall–Kier alpha value is -6.98. The smallest absolute Gasteiger partial charge is 0.252 e. The summed E-state index contributed by atoms with van der Waals surface area (Å²) in [5.74, 6) is 0. The first kappa shape index (κ1) is 37.1. The normalized spacial score (nSPS) is 13.3. The van der Waals surface area contributed by atoms with E-state index in [1.165, 1.54) is 61.0 Å². The minimum absolute atomic E-state index is 0.0330. The van der Waals surface area contributed by atoms with E-state index in [9.17, 15) is 0 Å². The van der Waals surface area contributed by atoms with E-state index in [-0.39, 0.29) is 17.5 Å². The molecule has 1 aromatic heterocycles. The number of hydrogen-bond donors (Lipinski definition) is 0. The number of benzene rings is 8. The van der Waals surface area contributed by atoms with Gasteiger partial charge in [-0.2, -0.15) is 0 Å². The summed E-state index contributed by atoms with van der Waals surface area (Å²) in [6, 6.07) is 63.1. The van der Waals surface area contributed by atoms with Gasteiger partial charge in [-0.15, -0.1) is 0 Å². The van der Waals surface area contributed by atoms with Crippen molar-refractivity contribution in [3.8, 4) is 0 Å². The molecule has 0 saturated carbocycles. The number of fused-ring (bicyclic) bond motifs is 6. The summed E-state index contributed by atoms with van der Waals surface area (Å²) >= 11 is 0. The van der Waals surface area contributed by atoms with Gasteiger partial charge in [0.05, 0.1) is 18.2 Å². The zero-order chi connectivity index (χ0) is 41.6. The molecule has 0 unspecified atom stereocenters.